The van der Waals surface area contributed by atoms with Crippen LogP contribution in [0.4, 0.5) is 0 Å². The molecule has 0 saturated heterocycles. The molecule has 0 saturated carbocycles. The van der Waals surface area contributed by atoms with Gasteiger partial charge in [0.25, 0.3) is 0 Å². The Morgan fingerprint density at radius 1 is 0.952 bits per heavy atom. The number of rotatable bonds is 6. The first-order valence-electron chi connectivity index (χ1n) is 7.70. The van der Waals surface area contributed by atoms with Crippen molar-refractivity contribution in [3.8, 4) is 0 Å². The highest BCUT2D eigenvalue weighted by atomic mass is 14.8. The molecule has 1 nitrogen and oxygen atoms in total. The smallest absolute Gasteiger partial charge is 0.000835 e. The highest BCUT2D eigenvalue weighted by Gasteiger charge is 1.92. The second-order valence-corrected chi connectivity index (χ2v) is 5.10. The lowest BCUT2D eigenvalue weighted by molar-refractivity contribution is 0.671. The van der Waals surface area contributed by atoms with Crippen LogP contribution in [0.3, 0.4) is 0 Å². The molecule has 2 rings (SSSR count). The van der Waals surface area contributed by atoms with Gasteiger partial charge in [-0.1, -0.05) is 79.7 Å². The van der Waals surface area contributed by atoms with Crippen LogP contribution >= 0.6 is 0 Å². The van der Waals surface area contributed by atoms with Crippen molar-refractivity contribution in [2.75, 3.05) is 13.1 Å². The van der Waals surface area contributed by atoms with Crippen molar-refractivity contribution in [2.24, 2.45) is 0 Å². The summed E-state index contributed by atoms with van der Waals surface area (Å²) in [5.41, 5.74) is 3.90. The zero-order chi connectivity index (χ0) is 15.3. The maximum atomic E-state index is 3.73. The van der Waals surface area contributed by atoms with Crippen molar-refractivity contribution in [1.82, 2.24) is 5.32 Å². The van der Waals surface area contributed by atoms with E-state index in [9.17, 15) is 0 Å². The summed E-state index contributed by atoms with van der Waals surface area (Å²) >= 11 is 0. The summed E-state index contributed by atoms with van der Waals surface area (Å²) < 4.78 is 0. The van der Waals surface area contributed by atoms with Gasteiger partial charge in [-0.2, -0.15) is 0 Å². The third kappa shape index (κ3) is 8.11. The van der Waals surface area contributed by atoms with Crippen molar-refractivity contribution in [2.45, 2.75) is 26.7 Å². The molecule has 0 radical (unpaired) electrons. The lowest BCUT2D eigenvalue weighted by Gasteiger charge is -2.03. The van der Waals surface area contributed by atoms with E-state index in [-0.39, 0.29) is 0 Å². The molecular formula is C20H27N. The Morgan fingerprint density at radius 3 is 2.10 bits per heavy atom. The average molecular weight is 281 g/mol. The van der Waals surface area contributed by atoms with E-state index in [1.54, 1.807) is 0 Å². The summed E-state index contributed by atoms with van der Waals surface area (Å²) in [6.07, 6.45) is 4.19. The summed E-state index contributed by atoms with van der Waals surface area (Å²) in [6, 6.07) is 18.8. The minimum Gasteiger partial charge on any atom is -0.316 e. The molecule has 0 fully saturated rings. The Hall–Kier alpha value is -1.86. The lowest BCUT2D eigenvalue weighted by atomic mass is 10.1. The van der Waals surface area contributed by atoms with E-state index in [0.717, 1.165) is 19.5 Å². The van der Waals surface area contributed by atoms with Crippen LogP contribution < -0.4 is 5.32 Å². The van der Waals surface area contributed by atoms with Crippen molar-refractivity contribution in [1.29, 1.82) is 0 Å². The van der Waals surface area contributed by atoms with Crippen LogP contribution in [0.2, 0.25) is 0 Å². The molecule has 0 atom stereocenters. The van der Waals surface area contributed by atoms with E-state index >= 15 is 0 Å². The van der Waals surface area contributed by atoms with Gasteiger partial charge in [0.2, 0.25) is 0 Å². The minimum absolute atomic E-state index is 1.07. The Bertz CT molecular complexity index is 485. The molecule has 1 N–H and O–H groups in total. The van der Waals surface area contributed by atoms with Gasteiger partial charge in [-0.25, -0.2) is 0 Å². The van der Waals surface area contributed by atoms with Crippen LogP contribution in [0.5, 0.6) is 0 Å². The molecule has 0 aliphatic heterocycles. The van der Waals surface area contributed by atoms with Crippen molar-refractivity contribution in [3.05, 3.63) is 77.9 Å². The van der Waals surface area contributed by atoms with Gasteiger partial charge in [-0.05, 0) is 44.0 Å². The second-order valence-electron chi connectivity index (χ2n) is 5.10. The van der Waals surface area contributed by atoms with Crippen molar-refractivity contribution < 1.29 is 0 Å². The second kappa shape index (κ2) is 10.9. The quantitative estimate of drug-likeness (QED) is 0.745. The first kappa shape index (κ1) is 17.2. The largest absolute Gasteiger partial charge is 0.316 e. The molecule has 0 amide bonds. The number of aryl methyl sites for hydroxylation is 1. The topological polar surface area (TPSA) is 12.0 Å². The average Bonchev–Trinajstić information content (AvgIpc) is 2.53. The van der Waals surface area contributed by atoms with Gasteiger partial charge in [0.1, 0.15) is 0 Å². The van der Waals surface area contributed by atoms with Gasteiger partial charge < -0.3 is 5.32 Å². The molecule has 2 aromatic carbocycles. The van der Waals surface area contributed by atoms with Gasteiger partial charge in [-0.15, -0.1) is 0 Å². The van der Waals surface area contributed by atoms with Crippen LogP contribution in [0, 0.1) is 6.92 Å². The Balaban J connectivity index is 0.000000262. The highest BCUT2D eigenvalue weighted by molar-refractivity contribution is 5.47. The van der Waals surface area contributed by atoms with Crippen LogP contribution in [0.15, 0.2) is 61.2 Å². The van der Waals surface area contributed by atoms with Crippen LogP contribution in [-0.4, -0.2) is 13.1 Å². The van der Waals surface area contributed by atoms with E-state index < -0.39 is 0 Å². The molecule has 0 spiro atoms. The fourth-order valence-electron chi connectivity index (χ4n) is 1.89. The number of hydrogen-bond donors (Lipinski definition) is 1. The van der Waals surface area contributed by atoms with E-state index in [1.807, 2.05) is 24.3 Å². The fourth-order valence-corrected chi connectivity index (χ4v) is 1.89. The third-order valence-electron chi connectivity index (χ3n) is 3.17. The number of benzene rings is 2. The predicted molar refractivity (Wildman–Crippen MR) is 94.6 cm³/mol. The summed E-state index contributed by atoms with van der Waals surface area (Å²) in [5, 5.41) is 3.39. The molecule has 0 bridgehead atoms. The molecular weight excluding hydrogens is 254 g/mol. The molecule has 1 heteroatoms. The molecule has 0 aliphatic carbocycles. The fraction of sp³-hybridized carbons (Fsp3) is 0.300. The Morgan fingerprint density at radius 2 is 1.62 bits per heavy atom. The maximum Gasteiger partial charge on any atom is -0.000835 e. The number of hydrogen-bond acceptors (Lipinski definition) is 1. The van der Waals surface area contributed by atoms with Gasteiger partial charge in [0.15, 0.2) is 0 Å². The normalized spacial score (nSPS) is 9.62. The summed E-state index contributed by atoms with van der Waals surface area (Å²) in [4.78, 5) is 0. The molecule has 0 aliphatic rings. The molecule has 0 aromatic heterocycles. The maximum absolute atomic E-state index is 3.73. The monoisotopic (exact) mass is 281 g/mol. The van der Waals surface area contributed by atoms with E-state index in [1.165, 1.54) is 23.1 Å². The standard InChI is InChI=1S/C13H19N.C7H8/c1-3-10-14-11-9-13-7-5-12(4-2)6-8-13;1-7-5-3-2-4-6-7/h4-8,14H,2-3,9-11H2,1H3;2-6H,1H3. The van der Waals surface area contributed by atoms with Crippen LogP contribution in [-0.2, 0) is 6.42 Å². The molecule has 2 aromatic rings. The third-order valence-corrected chi connectivity index (χ3v) is 3.17. The van der Waals surface area contributed by atoms with Crippen molar-refractivity contribution in [3.63, 3.8) is 0 Å². The first-order valence-corrected chi connectivity index (χ1v) is 7.70. The van der Waals surface area contributed by atoms with Gasteiger partial charge in [0, 0.05) is 0 Å². The number of nitrogens with one attached hydrogen (secondary N) is 1. The molecule has 0 unspecified atom stereocenters. The minimum atomic E-state index is 1.07. The Labute approximate surface area is 129 Å². The van der Waals surface area contributed by atoms with Crippen molar-refractivity contribution >= 4 is 6.08 Å². The first-order chi connectivity index (χ1) is 10.3. The Kier molecular flexibility index (Phi) is 8.90. The summed E-state index contributed by atoms with van der Waals surface area (Å²) in [5.74, 6) is 0. The van der Waals surface area contributed by atoms with Gasteiger partial charge in [-0.3, -0.25) is 0 Å². The van der Waals surface area contributed by atoms with Crippen LogP contribution in [0.1, 0.15) is 30.0 Å². The molecule has 112 valence electrons. The van der Waals surface area contributed by atoms with Gasteiger partial charge >= 0.3 is 0 Å². The van der Waals surface area contributed by atoms with Gasteiger partial charge in [0.05, 0.1) is 0 Å². The highest BCUT2D eigenvalue weighted by Crippen LogP contribution is 2.05. The zero-order valence-corrected chi connectivity index (χ0v) is 13.3. The zero-order valence-electron chi connectivity index (χ0n) is 13.3. The predicted octanol–water partition coefficient (Wildman–Crippen LogP) is 4.87. The molecule has 0 heterocycles. The van der Waals surface area contributed by atoms with E-state index in [2.05, 4.69) is 62.1 Å². The summed E-state index contributed by atoms with van der Waals surface area (Å²) in [6.45, 7) is 10.2. The SMILES string of the molecule is C=Cc1ccc(CCNCCC)cc1.Cc1ccccc1. The molecule has 21 heavy (non-hydrogen) atoms. The summed E-state index contributed by atoms with van der Waals surface area (Å²) in [7, 11) is 0. The van der Waals surface area contributed by atoms with E-state index in [4.69, 9.17) is 0 Å². The van der Waals surface area contributed by atoms with E-state index in [0.29, 0.717) is 0 Å². The van der Waals surface area contributed by atoms with Crippen LogP contribution in [0.25, 0.3) is 6.08 Å². The lowest BCUT2D eigenvalue weighted by Crippen LogP contribution is -2.17.